The second-order valence-electron chi connectivity index (χ2n) is 5.22. The smallest absolute Gasteiger partial charge is 0.315 e. The van der Waals surface area contributed by atoms with E-state index in [1.807, 2.05) is 43.3 Å². The number of amides is 2. The van der Waals surface area contributed by atoms with E-state index < -0.39 is 0 Å². The van der Waals surface area contributed by atoms with Crippen molar-refractivity contribution in [1.82, 2.24) is 10.6 Å². The van der Waals surface area contributed by atoms with Crippen LogP contribution in [0.1, 0.15) is 17.8 Å². The lowest BCUT2D eigenvalue weighted by molar-refractivity contribution is 0.0917. The van der Waals surface area contributed by atoms with Crippen LogP contribution in [0.25, 0.3) is 0 Å². The number of halogens is 1. The molecule has 0 fully saturated rings. The summed E-state index contributed by atoms with van der Waals surface area (Å²) >= 11 is 7.36. The molecule has 2 aromatic rings. The zero-order valence-corrected chi connectivity index (χ0v) is 14.1. The molecule has 1 aliphatic rings. The third-order valence-corrected chi connectivity index (χ3v) is 4.84. The van der Waals surface area contributed by atoms with Crippen molar-refractivity contribution in [2.75, 3.05) is 13.2 Å². The van der Waals surface area contributed by atoms with Crippen LogP contribution in [0.2, 0.25) is 4.34 Å². The normalized spacial score (nSPS) is 17.4. The summed E-state index contributed by atoms with van der Waals surface area (Å²) in [5, 5.41) is 5.68. The van der Waals surface area contributed by atoms with Gasteiger partial charge in [0.05, 0.1) is 16.9 Å². The Hall–Kier alpha value is -1.92. The van der Waals surface area contributed by atoms with Gasteiger partial charge in [0, 0.05) is 4.88 Å². The van der Waals surface area contributed by atoms with Crippen LogP contribution in [0.4, 0.5) is 4.79 Å². The molecule has 2 N–H and O–H groups in total. The molecule has 1 aromatic heterocycles. The molecule has 0 radical (unpaired) electrons. The highest BCUT2D eigenvalue weighted by molar-refractivity contribution is 7.16. The summed E-state index contributed by atoms with van der Waals surface area (Å²) in [7, 11) is 0. The molecule has 23 heavy (non-hydrogen) atoms. The summed E-state index contributed by atoms with van der Waals surface area (Å²) in [5.74, 6) is 1.43. The van der Waals surface area contributed by atoms with Gasteiger partial charge in [0.2, 0.25) is 0 Å². The van der Waals surface area contributed by atoms with Crippen molar-refractivity contribution in [2.45, 2.75) is 19.1 Å². The van der Waals surface area contributed by atoms with Gasteiger partial charge in [-0.25, -0.2) is 4.79 Å². The first kappa shape index (κ1) is 16.0. The Balaban J connectivity index is 1.46. The van der Waals surface area contributed by atoms with Gasteiger partial charge in [-0.3, -0.25) is 0 Å². The van der Waals surface area contributed by atoms with Gasteiger partial charge < -0.3 is 20.1 Å². The van der Waals surface area contributed by atoms with Crippen molar-refractivity contribution in [1.29, 1.82) is 0 Å². The molecule has 7 heteroatoms. The lowest BCUT2D eigenvalue weighted by Crippen LogP contribution is -2.44. The Morgan fingerprint density at radius 2 is 2.13 bits per heavy atom. The number of ether oxygens (including phenoxy) is 2. The van der Waals surface area contributed by atoms with Crippen LogP contribution in [-0.2, 0) is 0 Å². The van der Waals surface area contributed by atoms with Gasteiger partial charge in [-0.15, -0.1) is 11.3 Å². The maximum absolute atomic E-state index is 12.0. The predicted octanol–water partition coefficient (Wildman–Crippen LogP) is 3.60. The molecule has 0 unspecified atom stereocenters. The molecule has 0 spiro atoms. The average Bonchev–Trinajstić information content (AvgIpc) is 2.99. The second kappa shape index (κ2) is 7.10. The van der Waals surface area contributed by atoms with E-state index in [1.54, 1.807) is 0 Å². The standard InChI is InChI=1S/C16H17ClN2O3S/c1-10(14-6-7-15(17)23-14)19-16(20)18-8-11-9-21-12-4-2-3-5-13(12)22-11/h2-7,10-11H,8-9H2,1H3,(H2,18,19,20)/t10-,11-/m0/s1. The van der Waals surface area contributed by atoms with Gasteiger partial charge in [-0.05, 0) is 31.2 Å². The van der Waals surface area contributed by atoms with E-state index in [1.165, 1.54) is 11.3 Å². The van der Waals surface area contributed by atoms with Gasteiger partial charge >= 0.3 is 6.03 Å². The van der Waals surface area contributed by atoms with Crippen molar-refractivity contribution < 1.29 is 14.3 Å². The van der Waals surface area contributed by atoms with Crippen LogP contribution in [0.5, 0.6) is 11.5 Å². The van der Waals surface area contributed by atoms with Crippen LogP contribution in [-0.4, -0.2) is 25.3 Å². The minimum Gasteiger partial charge on any atom is -0.486 e. The summed E-state index contributed by atoms with van der Waals surface area (Å²) in [6.45, 7) is 2.70. The van der Waals surface area contributed by atoms with Crippen molar-refractivity contribution in [3.8, 4) is 11.5 Å². The molecule has 1 aliphatic heterocycles. The molecule has 1 aromatic carbocycles. The zero-order valence-electron chi connectivity index (χ0n) is 12.5. The number of carbonyl (C=O) groups excluding carboxylic acids is 1. The highest BCUT2D eigenvalue weighted by Crippen LogP contribution is 2.30. The number of thiophene rings is 1. The maximum Gasteiger partial charge on any atom is 0.315 e. The Kier molecular flexibility index (Phi) is 4.93. The fourth-order valence-electron chi connectivity index (χ4n) is 2.25. The monoisotopic (exact) mass is 352 g/mol. The molecular formula is C16H17ClN2O3S. The Bertz CT molecular complexity index is 691. The molecule has 2 heterocycles. The molecular weight excluding hydrogens is 336 g/mol. The third kappa shape index (κ3) is 4.09. The highest BCUT2D eigenvalue weighted by atomic mass is 35.5. The fraction of sp³-hybridized carbons (Fsp3) is 0.312. The van der Waals surface area contributed by atoms with Gasteiger partial charge in [-0.2, -0.15) is 0 Å². The number of rotatable bonds is 4. The van der Waals surface area contributed by atoms with E-state index in [0.29, 0.717) is 23.2 Å². The maximum atomic E-state index is 12.0. The number of fused-ring (bicyclic) bond motifs is 1. The summed E-state index contributed by atoms with van der Waals surface area (Å²) in [4.78, 5) is 13.0. The first-order chi connectivity index (χ1) is 11.1. The van der Waals surface area contributed by atoms with Crippen LogP contribution < -0.4 is 20.1 Å². The van der Waals surface area contributed by atoms with Crippen LogP contribution in [0.3, 0.4) is 0 Å². The first-order valence-corrected chi connectivity index (χ1v) is 8.49. The van der Waals surface area contributed by atoms with Gasteiger partial charge in [0.15, 0.2) is 17.6 Å². The van der Waals surface area contributed by atoms with Crippen molar-refractivity contribution in [3.05, 3.63) is 45.6 Å². The molecule has 0 saturated carbocycles. The van der Waals surface area contributed by atoms with Gasteiger partial charge in [0.25, 0.3) is 0 Å². The number of hydrogen-bond donors (Lipinski definition) is 2. The molecule has 2 atom stereocenters. The Morgan fingerprint density at radius 1 is 1.35 bits per heavy atom. The van der Waals surface area contributed by atoms with Crippen LogP contribution in [0.15, 0.2) is 36.4 Å². The van der Waals surface area contributed by atoms with E-state index in [0.717, 1.165) is 10.6 Å². The highest BCUT2D eigenvalue weighted by Gasteiger charge is 2.21. The van der Waals surface area contributed by atoms with E-state index >= 15 is 0 Å². The number of nitrogens with one attached hydrogen (secondary N) is 2. The predicted molar refractivity (Wildman–Crippen MR) is 90.6 cm³/mol. The summed E-state index contributed by atoms with van der Waals surface area (Å²) < 4.78 is 12.1. The molecule has 2 amide bonds. The molecule has 5 nitrogen and oxygen atoms in total. The van der Waals surface area contributed by atoms with Crippen LogP contribution >= 0.6 is 22.9 Å². The van der Waals surface area contributed by atoms with Crippen molar-refractivity contribution in [2.24, 2.45) is 0 Å². The molecule has 0 bridgehead atoms. The minimum atomic E-state index is -0.246. The number of urea groups is 1. The third-order valence-electron chi connectivity index (χ3n) is 3.43. The SMILES string of the molecule is C[C@H](NC(=O)NC[C@H]1COc2ccccc2O1)c1ccc(Cl)s1. The molecule has 0 saturated heterocycles. The number of hydrogen-bond acceptors (Lipinski definition) is 4. The van der Waals surface area contributed by atoms with E-state index in [2.05, 4.69) is 10.6 Å². The quantitative estimate of drug-likeness (QED) is 0.883. The van der Waals surface area contributed by atoms with Crippen LogP contribution in [0, 0.1) is 0 Å². The van der Waals surface area contributed by atoms with E-state index in [4.69, 9.17) is 21.1 Å². The topological polar surface area (TPSA) is 59.6 Å². The zero-order chi connectivity index (χ0) is 16.2. The number of para-hydroxylation sites is 2. The number of benzene rings is 1. The Morgan fingerprint density at radius 3 is 2.87 bits per heavy atom. The largest absolute Gasteiger partial charge is 0.486 e. The fourth-order valence-corrected chi connectivity index (χ4v) is 3.31. The summed E-state index contributed by atoms with van der Waals surface area (Å²) in [5.41, 5.74) is 0. The summed E-state index contributed by atoms with van der Waals surface area (Å²) in [6.07, 6.45) is -0.206. The second-order valence-corrected chi connectivity index (χ2v) is 6.96. The van der Waals surface area contributed by atoms with E-state index in [9.17, 15) is 4.79 Å². The van der Waals surface area contributed by atoms with Crippen molar-refractivity contribution >= 4 is 29.0 Å². The lowest BCUT2D eigenvalue weighted by Gasteiger charge is -2.26. The van der Waals surface area contributed by atoms with Gasteiger partial charge in [-0.1, -0.05) is 23.7 Å². The average molecular weight is 353 g/mol. The lowest BCUT2D eigenvalue weighted by atomic mass is 10.2. The molecule has 0 aliphatic carbocycles. The Labute approximate surface area is 143 Å². The molecule has 3 rings (SSSR count). The number of carbonyl (C=O) groups is 1. The molecule has 122 valence electrons. The minimum absolute atomic E-state index is 0.100. The van der Waals surface area contributed by atoms with Gasteiger partial charge in [0.1, 0.15) is 6.61 Å². The van der Waals surface area contributed by atoms with E-state index in [-0.39, 0.29) is 18.2 Å². The van der Waals surface area contributed by atoms with Crippen molar-refractivity contribution in [3.63, 3.8) is 0 Å². The first-order valence-electron chi connectivity index (χ1n) is 7.30. The summed E-state index contributed by atoms with van der Waals surface area (Å²) in [6, 6.07) is 10.9.